The maximum absolute atomic E-state index is 12.7. The number of amides is 1. The number of likely N-dealkylation sites (tertiary alicyclic amines) is 1. The monoisotopic (exact) mass is 346 g/mol. The number of ether oxygens (including phenoxy) is 1. The Bertz CT molecular complexity index is 698. The molecule has 4 atom stereocenters. The predicted octanol–water partition coefficient (Wildman–Crippen LogP) is 0.270. The van der Waals surface area contributed by atoms with Crippen LogP contribution in [0, 0.1) is 11.8 Å². The number of H-pyrrole nitrogens is 1. The number of aromatic amines is 1. The van der Waals surface area contributed by atoms with E-state index in [2.05, 4.69) is 29.2 Å². The van der Waals surface area contributed by atoms with Gasteiger partial charge in [0.2, 0.25) is 5.91 Å². The van der Waals surface area contributed by atoms with Crippen molar-refractivity contribution in [2.45, 2.75) is 37.4 Å². The number of fused-ring (bicyclic) bond motifs is 1. The predicted molar refractivity (Wildman–Crippen MR) is 92.1 cm³/mol. The average molecular weight is 346 g/mol. The second kappa shape index (κ2) is 6.21. The van der Waals surface area contributed by atoms with Gasteiger partial charge in [0, 0.05) is 43.8 Å². The number of nitrogens with one attached hydrogen (secondary N) is 1. The summed E-state index contributed by atoms with van der Waals surface area (Å²) in [5.74, 6) is 1.15. The van der Waals surface area contributed by atoms with Crippen LogP contribution in [0.15, 0.2) is 16.9 Å². The number of hydrogen-bond acceptors (Lipinski definition) is 5. The first-order chi connectivity index (χ1) is 12.0. The van der Waals surface area contributed by atoms with E-state index < -0.39 is 0 Å². The summed E-state index contributed by atoms with van der Waals surface area (Å²) in [6, 6.07) is 3.13. The van der Waals surface area contributed by atoms with E-state index in [0.717, 1.165) is 38.2 Å². The van der Waals surface area contributed by atoms with Crippen LogP contribution in [-0.4, -0.2) is 71.3 Å². The SMILES string of the molecule is CN(C)C[C@H]1[C@@H]2CC[C@@]3(CN(C(=O)CCc4ccc(=O)[nH]n4)C[C@@H]13)O2. The fourth-order valence-electron chi connectivity index (χ4n) is 4.95. The lowest BCUT2D eigenvalue weighted by Crippen LogP contribution is -2.40. The highest BCUT2D eigenvalue weighted by molar-refractivity contribution is 5.77. The molecule has 3 aliphatic heterocycles. The maximum atomic E-state index is 12.7. The fourth-order valence-corrected chi connectivity index (χ4v) is 4.95. The van der Waals surface area contributed by atoms with Crippen LogP contribution in [0.25, 0.3) is 0 Å². The molecule has 3 fully saturated rings. The first kappa shape index (κ1) is 16.7. The van der Waals surface area contributed by atoms with E-state index in [9.17, 15) is 9.59 Å². The smallest absolute Gasteiger partial charge is 0.264 e. The van der Waals surface area contributed by atoms with E-state index in [0.29, 0.717) is 30.8 Å². The van der Waals surface area contributed by atoms with Crippen molar-refractivity contribution in [2.24, 2.45) is 11.8 Å². The van der Waals surface area contributed by atoms with Gasteiger partial charge >= 0.3 is 0 Å². The number of aromatic nitrogens is 2. The third-order valence-electron chi connectivity index (χ3n) is 6.04. The lowest BCUT2D eigenvalue weighted by atomic mass is 9.73. The molecule has 4 heterocycles. The van der Waals surface area contributed by atoms with Gasteiger partial charge in [0.1, 0.15) is 0 Å². The van der Waals surface area contributed by atoms with E-state index in [1.54, 1.807) is 6.07 Å². The van der Waals surface area contributed by atoms with Crippen molar-refractivity contribution < 1.29 is 9.53 Å². The average Bonchev–Trinajstić information content (AvgIpc) is 3.23. The Kier molecular flexibility index (Phi) is 4.16. The Morgan fingerprint density at radius 3 is 3.04 bits per heavy atom. The Balaban J connectivity index is 1.39. The third-order valence-corrected chi connectivity index (χ3v) is 6.04. The normalized spacial score (nSPS) is 33.2. The number of nitrogens with zero attached hydrogens (tertiary/aromatic N) is 3. The molecular formula is C18H26N4O3. The molecule has 0 aromatic carbocycles. The highest BCUT2D eigenvalue weighted by Gasteiger charge is 2.63. The Labute approximate surface area is 147 Å². The summed E-state index contributed by atoms with van der Waals surface area (Å²) in [5.41, 5.74) is 0.423. The number of carbonyl (C=O) groups excluding carboxylic acids is 1. The second-order valence-electron chi connectivity index (χ2n) is 7.98. The van der Waals surface area contributed by atoms with Gasteiger partial charge < -0.3 is 14.5 Å². The number of hydrogen-bond donors (Lipinski definition) is 1. The zero-order valence-electron chi connectivity index (χ0n) is 14.9. The minimum atomic E-state index is -0.221. The highest BCUT2D eigenvalue weighted by atomic mass is 16.5. The van der Waals surface area contributed by atoms with Gasteiger partial charge in [0.15, 0.2) is 0 Å². The van der Waals surface area contributed by atoms with Crippen LogP contribution < -0.4 is 5.56 Å². The van der Waals surface area contributed by atoms with Crippen LogP contribution in [0.3, 0.4) is 0 Å². The molecule has 136 valence electrons. The summed E-state index contributed by atoms with van der Waals surface area (Å²) in [6.07, 6.45) is 3.54. The molecule has 1 aromatic heterocycles. The van der Waals surface area contributed by atoms with Crippen molar-refractivity contribution in [2.75, 3.05) is 33.7 Å². The van der Waals surface area contributed by atoms with Gasteiger partial charge in [0.05, 0.1) is 23.9 Å². The van der Waals surface area contributed by atoms with Gasteiger partial charge in [-0.15, -0.1) is 0 Å². The minimum absolute atomic E-state index is 0.1000. The number of carbonyl (C=O) groups is 1. The first-order valence-electron chi connectivity index (χ1n) is 9.12. The first-order valence-corrected chi connectivity index (χ1v) is 9.12. The van der Waals surface area contributed by atoms with Gasteiger partial charge in [-0.25, -0.2) is 5.10 Å². The van der Waals surface area contributed by atoms with Gasteiger partial charge in [0.25, 0.3) is 5.56 Å². The van der Waals surface area contributed by atoms with Gasteiger partial charge in [-0.05, 0) is 33.0 Å². The van der Waals surface area contributed by atoms with E-state index in [-0.39, 0.29) is 17.1 Å². The van der Waals surface area contributed by atoms with Gasteiger partial charge in [-0.2, -0.15) is 5.10 Å². The molecular weight excluding hydrogens is 320 g/mol. The molecule has 1 aromatic rings. The lowest BCUT2D eigenvalue weighted by Gasteiger charge is -2.30. The summed E-state index contributed by atoms with van der Waals surface area (Å²) in [7, 11) is 4.21. The quantitative estimate of drug-likeness (QED) is 0.828. The number of aryl methyl sites for hydroxylation is 1. The van der Waals surface area contributed by atoms with Crippen molar-refractivity contribution in [3.8, 4) is 0 Å². The van der Waals surface area contributed by atoms with Gasteiger partial charge in [-0.1, -0.05) is 0 Å². The zero-order valence-corrected chi connectivity index (χ0v) is 14.9. The second-order valence-corrected chi connectivity index (χ2v) is 7.98. The molecule has 1 spiro atoms. The summed E-state index contributed by atoms with van der Waals surface area (Å²) in [4.78, 5) is 27.9. The van der Waals surface area contributed by atoms with Crippen molar-refractivity contribution in [1.82, 2.24) is 20.0 Å². The molecule has 3 aliphatic rings. The van der Waals surface area contributed by atoms with Crippen LogP contribution in [0.4, 0.5) is 0 Å². The Morgan fingerprint density at radius 1 is 1.48 bits per heavy atom. The minimum Gasteiger partial charge on any atom is -0.369 e. The molecule has 1 N–H and O–H groups in total. The van der Waals surface area contributed by atoms with Gasteiger partial charge in [-0.3, -0.25) is 9.59 Å². The van der Waals surface area contributed by atoms with Crippen LogP contribution in [0.1, 0.15) is 25.0 Å². The van der Waals surface area contributed by atoms with Crippen LogP contribution in [0.5, 0.6) is 0 Å². The van der Waals surface area contributed by atoms with E-state index in [4.69, 9.17) is 4.74 Å². The molecule has 7 nitrogen and oxygen atoms in total. The molecule has 0 aliphatic carbocycles. The summed E-state index contributed by atoms with van der Waals surface area (Å²) >= 11 is 0. The lowest BCUT2D eigenvalue weighted by molar-refractivity contribution is -0.131. The molecule has 0 radical (unpaired) electrons. The van der Waals surface area contributed by atoms with Crippen LogP contribution in [0.2, 0.25) is 0 Å². The summed E-state index contributed by atoms with van der Waals surface area (Å²) in [6.45, 7) is 2.57. The fraction of sp³-hybridized carbons (Fsp3) is 0.722. The summed E-state index contributed by atoms with van der Waals surface area (Å²) in [5, 5.41) is 6.39. The molecule has 3 saturated heterocycles. The molecule has 2 bridgehead atoms. The summed E-state index contributed by atoms with van der Waals surface area (Å²) < 4.78 is 6.38. The van der Waals surface area contributed by atoms with Crippen LogP contribution >= 0.6 is 0 Å². The number of rotatable bonds is 5. The van der Waals surface area contributed by atoms with E-state index in [1.165, 1.54) is 6.07 Å². The molecule has 25 heavy (non-hydrogen) atoms. The van der Waals surface area contributed by atoms with Crippen LogP contribution in [-0.2, 0) is 16.0 Å². The maximum Gasteiger partial charge on any atom is 0.264 e. The highest BCUT2D eigenvalue weighted by Crippen LogP contribution is 2.54. The van der Waals surface area contributed by atoms with Crippen molar-refractivity contribution in [3.05, 3.63) is 28.2 Å². The van der Waals surface area contributed by atoms with Crippen molar-refractivity contribution >= 4 is 5.91 Å². The topological polar surface area (TPSA) is 78.5 Å². The Hall–Kier alpha value is -1.73. The molecule has 7 heteroatoms. The molecule has 1 amide bonds. The van der Waals surface area contributed by atoms with E-state index >= 15 is 0 Å². The molecule has 0 saturated carbocycles. The van der Waals surface area contributed by atoms with Crippen molar-refractivity contribution in [3.63, 3.8) is 0 Å². The molecule has 4 rings (SSSR count). The Morgan fingerprint density at radius 2 is 2.32 bits per heavy atom. The van der Waals surface area contributed by atoms with E-state index in [1.807, 2.05) is 4.90 Å². The largest absolute Gasteiger partial charge is 0.369 e. The third kappa shape index (κ3) is 3.00. The zero-order chi connectivity index (χ0) is 17.6. The molecule has 0 unspecified atom stereocenters. The standard InChI is InChI=1S/C18H26N4O3/c1-21(2)9-13-14-10-22(11-18(14)8-7-15(13)25-18)17(24)6-4-12-3-5-16(23)20-19-12/h3,5,13-15H,4,6-11H2,1-2H3,(H,20,23)/t13-,14+,15+,18+/m1/s1. The van der Waals surface area contributed by atoms with Crippen molar-refractivity contribution in [1.29, 1.82) is 0 Å².